The first-order valence-electron chi connectivity index (χ1n) is 5.14. The predicted molar refractivity (Wildman–Crippen MR) is 63.9 cm³/mol. The minimum absolute atomic E-state index is 0.594. The summed E-state index contributed by atoms with van der Waals surface area (Å²) in [5, 5.41) is 6.99. The number of rotatable bonds is 2. The topological polar surface area (TPSA) is 80.7 Å². The molecule has 84 valence electrons. The number of nitrogens with zero attached hydrogens (tertiary/aromatic N) is 2. The molecule has 0 aliphatic rings. The summed E-state index contributed by atoms with van der Waals surface area (Å²) in [5.74, 6) is 1.25. The van der Waals surface area contributed by atoms with Crippen LogP contribution in [0.15, 0.2) is 47.3 Å². The molecule has 17 heavy (non-hydrogen) atoms. The number of aromatic nitrogens is 3. The molecule has 5 heteroatoms. The lowest BCUT2D eigenvalue weighted by Gasteiger charge is -1.99. The van der Waals surface area contributed by atoms with Crippen molar-refractivity contribution in [2.24, 2.45) is 0 Å². The van der Waals surface area contributed by atoms with E-state index in [1.807, 2.05) is 24.3 Å². The maximum absolute atomic E-state index is 5.87. The fourth-order valence-electron chi connectivity index (χ4n) is 1.62. The van der Waals surface area contributed by atoms with Crippen molar-refractivity contribution in [2.45, 2.75) is 0 Å². The average molecular weight is 226 g/mol. The summed E-state index contributed by atoms with van der Waals surface area (Å²) in [5.41, 5.74) is 8.22. The number of nitrogens with one attached hydrogen (secondary N) is 1. The minimum atomic E-state index is 0.594. The summed E-state index contributed by atoms with van der Waals surface area (Å²) < 4.78 is 4.99. The molecule has 0 bridgehead atoms. The van der Waals surface area contributed by atoms with E-state index in [0.29, 0.717) is 17.3 Å². The molecule has 3 N–H and O–H groups in total. The van der Waals surface area contributed by atoms with Crippen molar-refractivity contribution in [1.29, 1.82) is 0 Å². The lowest BCUT2D eigenvalue weighted by atomic mass is 10.2. The quantitative estimate of drug-likeness (QED) is 0.657. The fourth-order valence-corrected chi connectivity index (χ4v) is 1.62. The van der Waals surface area contributed by atoms with Crippen molar-refractivity contribution in [3.8, 4) is 22.8 Å². The lowest BCUT2D eigenvalue weighted by Crippen LogP contribution is -1.90. The van der Waals surface area contributed by atoms with Crippen molar-refractivity contribution < 1.29 is 4.42 Å². The van der Waals surface area contributed by atoms with Crippen LogP contribution >= 0.6 is 0 Å². The zero-order valence-corrected chi connectivity index (χ0v) is 8.92. The molecular formula is C12H10N4O. The molecule has 0 unspecified atom stereocenters. The van der Waals surface area contributed by atoms with Gasteiger partial charge >= 0.3 is 0 Å². The largest absolute Gasteiger partial charge is 0.472 e. The van der Waals surface area contributed by atoms with Crippen LogP contribution in [0.4, 0.5) is 5.69 Å². The van der Waals surface area contributed by atoms with Gasteiger partial charge in [-0.3, -0.25) is 5.10 Å². The molecule has 0 aliphatic carbocycles. The van der Waals surface area contributed by atoms with Crippen LogP contribution < -0.4 is 5.73 Å². The van der Waals surface area contributed by atoms with E-state index in [9.17, 15) is 0 Å². The van der Waals surface area contributed by atoms with Crippen molar-refractivity contribution in [1.82, 2.24) is 15.2 Å². The van der Waals surface area contributed by atoms with E-state index in [1.165, 1.54) is 0 Å². The van der Waals surface area contributed by atoms with Crippen LogP contribution in [0.5, 0.6) is 0 Å². The Bertz CT molecular complexity index is 628. The van der Waals surface area contributed by atoms with Gasteiger partial charge in [-0.15, -0.1) is 0 Å². The summed E-state index contributed by atoms with van der Waals surface area (Å²) in [6, 6.07) is 9.32. The number of anilines is 1. The van der Waals surface area contributed by atoms with Gasteiger partial charge in [0.05, 0.1) is 11.8 Å². The second-order valence-corrected chi connectivity index (χ2v) is 3.61. The van der Waals surface area contributed by atoms with Crippen LogP contribution in [0, 0.1) is 0 Å². The molecule has 5 nitrogen and oxygen atoms in total. The molecule has 3 rings (SSSR count). The Morgan fingerprint density at radius 3 is 2.82 bits per heavy atom. The van der Waals surface area contributed by atoms with Gasteiger partial charge in [0.1, 0.15) is 6.26 Å². The molecule has 0 aliphatic heterocycles. The summed E-state index contributed by atoms with van der Waals surface area (Å²) in [6.07, 6.45) is 3.18. The van der Waals surface area contributed by atoms with E-state index in [0.717, 1.165) is 11.1 Å². The highest BCUT2D eigenvalue weighted by atomic mass is 16.3. The minimum Gasteiger partial charge on any atom is -0.472 e. The first kappa shape index (κ1) is 9.65. The highest BCUT2D eigenvalue weighted by molar-refractivity contribution is 5.72. The van der Waals surface area contributed by atoms with Gasteiger partial charge < -0.3 is 10.2 Å². The van der Waals surface area contributed by atoms with Gasteiger partial charge in [0.25, 0.3) is 0 Å². The molecule has 0 saturated heterocycles. The van der Waals surface area contributed by atoms with Crippen LogP contribution in [0.25, 0.3) is 22.8 Å². The Balaban J connectivity index is 2.04. The van der Waals surface area contributed by atoms with Gasteiger partial charge in [-0.2, -0.15) is 5.10 Å². The van der Waals surface area contributed by atoms with Crippen LogP contribution in [-0.2, 0) is 0 Å². The Morgan fingerprint density at radius 1 is 1.18 bits per heavy atom. The normalized spacial score (nSPS) is 10.6. The molecule has 2 heterocycles. The summed E-state index contributed by atoms with van der Waals surface area (Å²) >= 11 is 0. The Morgan fingerprint density at radius 2 is 2.06 bits per heavy atom. The monoisotopic (exact) mass is 226 g/mol. The maximum Gasteiger partial charge on any atom is 0.184 e. The van der Waals surface area contributed by atoms with E-state index in [2.05, 4.69) is 15.2 Å². The molecule has 0 atom stereocenters. The summed E-state index contributed by atoms with van der Waals surface area (Å²) in [7, 11) is 0. The molecule has 0 fully saturated rings. The van der Waals surface area contributed by atoms with Crippen molar-refractivity contribution in [3.63, 3.8) is 0 Å². The average Bonchev–Trinajstić information content (AvgIpc) is 3.00. The first-order chi connectivity index (χ1) is 8.34. The molecule has 0 spiro atoms. The van der Waals surface area contributed by atoms with Crippen molar-refractivity contribution in [3.05, 3.63) is 42.9 Å². The number of benzene rings is 1. The maximum atomic E-state index is 5.87. The van der Waals surface area contributed by atoms with Gasteiger partial charge in [0, 0.05) is 11.3 Å². The predicted octanol–water partition coefficient (Wildman–Crippen LogP) is 2.31. The lowest BCUT2D eigenvalue weighted by molar-refractivity contribution is 0.568. The van der Waals surface area contributed by atoms with Gasteiger partial charge in [-0.25, -0.2) is 4.98 Å². The Hall–Kier alpha value is -2.56. The SMILES string of the molecule is Nc1ccccc1-c1nc(-c2ccoc2)n[nH]1. The number of aromatic amines is 1. The third-order valence-corrected chi connectivity index (χ3v) is 2.48. The number of para-hydroxylation sites is 1. The second-order valence-electron chi connectivity index (χ2n) is 3.61. The van der Waals surface area contributed by atoms with E-state index in [4.69, 9.17) is 10.2 Å². The zero-order valence-electron chi connectivity index (χ0n) is 8.92. The number of hydrogen-bond donors (Lipinski definition) is 2. The van der Waals surface area contributed by atoms with E-state index in [1.54, 1.807) is 18.6 Å². The van der Waals surface area contributed by atoms with Crippen LogP contribution in [0.1, 0.15) is 0 Å². The van der Waals surface area contributed by atoms with E-state index in [-0.39, 0.29) is 0 Å². The smallest absolute Gasteiger partial charge is 0.184 e. The molecule has 0 radical (unpaired) electrons. The van der Waals surface area contributed by atoms with Gasteiger partial charge in [0.2, 0.25) is 0 Å². The second kappa shape index (κ2) is 3.79. The molecule has 2 aromatic heterocycles. The number of nitrogen functional groups attached to an aromatic ring is 1. The van der Waals surface area contributed by atoms with Crippen LogP contribution in [-0.4, -0.2) is 15.2 Å². The number of hydrogen-bond acceptors (Lipinski definition) is 4. The van der Waals surface area contributed by atoms with Crippen molar-refractivity contribution in [2.75, 3.05) is 5.73 Å². The van der Waals surface area contributed by atoms with E-state index >= 15 is 0 Å². The Kier molecular flexibility index (Phi) is 2.15. The van der Waals surface area contributed by atoms with E-state index < -0.39 is 0 Å². The van der Waals surface area contributed by atoms with Gasteiger partial charge in [-0.05, 0) is 18.2 Å². The summed E-state index contributed by atoms with van der Waals surface area (Å²) in [4.78, 5) is 4.38. The zero-order chi connectivity index (χ0) is 11.7. The molecule has 0 amide bonds. The van der Waals surface area contributed by atoms with Gasteiger partial charge in [0.15, 0.2) is 11.6 Å². The summed E-state index contributed by atoms with van der Waals surface area (Å²) in [6.45, 7) is 0. The highest BCUT2D eigenvalue weighted by Gasteiger charge is 2.10. The van der Waals surface area contributed by atoms with Gasteiger partial charge in [-0.1, -0.05) is 12.1 Å². The third-order valence-electron chi connectivity index (χ3n) is 2.48. The molecule has 1 aromatic carbocycles. The van der Waals surface area contributed by atoms with Crippen LogP contribution in [0.3, 0.4) is 0 Å². The highest BCUT2D eigenvalue weighted by Crippen LogP contribution is 2.24. The molecule has 3 aromatic rings. The molecule has 0 saturated carbocycles. The first-order valence-corrected chi connectivity index (χ1v) is 5.14. The number of nitrogens with two attached hydrogens (primary N) is 1. The Labute approximate surface area is 97.3 Å². The molecular weight excluding hydrogens is 216 g/mol. The fraction of sp³-hybridized carbons (Fsp3) is 0. The number of furan rings is 1. The number of H-pyrrole nitrogens is 1. The third kappa shape index (κ3) is 1.67. The standard InChI is InChI=1S/C12H10N4O/c13-10-4-2-1-3-9(10)12-14-11(15-16-12)8-5-6-17-7-8/h1-7H,13H2,(H,14,15,16). The van der Waals surface area contributed by atoms with Crippen LogP contribution in [0.2, 0.25) is 0 Å². The van der Waals surface area contributed by atoms with Crippen molar-refractivity contribution >= 4 is 5.69 Å².